The summed E-state index contributed by atoms with van der Waals surface area (Å²) in [7, 11) is 0. The second kappa shape index (κ2) is 16.5. The van der Waals surface area contributed by atoms with Crippen LogP contribution >= 0.6 is 24.0 Å². The highest BCUT2D eigenvalue weighted by atomic mass is 32.1. The van der Waals surface area contributed by atoms with Crippen molar-refractivity contribution in [3.05, 3.63) is 217 Å². The molecule has 0 radical (unpaired) electrons. The highest BCUT2D eigenvalue weighted by molar-refractivity contribution is 7.80. The van der Waals surface area contributed by atoms with Crippen molar-refractivity contribution in [3.63, 3.8) is 0 Å². The third-order valence-corrected chi connectivity index (χ3v) is 13.5. The van der Waals surface area contributed by atoms with Crippen LogP contribution in [-0.2, 0) is 0 Å². The van der Waals surface area contributed by atoms with Crippen molar-refractivity contribution < 1.29 is 0 Å². The smallest absolute Gasteiger partial charge is 0.163 e. The molecule has 0 saturated carbocycles. The number of fused-ring (bicyclic) bond motifs is 3. The van der Waals surface area contributed by atoms with Crippen LogP contribution in [0.5, 0.6) is 0 Å². The molecule has 2 aromatic heterocycles. The van der Waals surface area contributed by atoms with E-state index < -0.39 is 0 Å². The molecule has 1 atom stereocenters. The minimum absolute atomic E-state index is 0.00574. The molecule has 0 spiro atoms. The van der Waals surface area contributed by atoms with Gasteiger partial charge in [-0.1, -0.05) is 146 Å². The van der Waals surface area contributed by atoms with Crippen molar-refractivity contribution in [2.24, 2.45) is 0 Å². The number of thiol groups is 1. The summed E-state index contributed by atoms with van der Waals surface area (Å²) < 4.78 is 2.58. The van der Waals surface area contributed by atoms with E-state index in [0.29, 0.717) is 5.82 Å². The predicted molar refractivity (Wildman–Crippen MR) is 264 cm³/mol. The van der Waals surface area contributed by atoms with Gasteiger partial charge >= 0.3 is 0 Å². The summed E-state index contributed by atoms with van der Waals surface area (Å²) in [4.78, 5) is 16.8. The Labute approximate surface area is 371 Å². The van der Waals surface area contributed by atoms with Crippen molar-refractivity contribution in [1.29, 1.82) is 0 Å². The Kier molecular flexibility index (Phi) is 10.1. The van der Waals surface area contributed by atoms with Gasteiger partial charge in [0.1, 0.15) is 5.82 Å². The number of rotatable bonds is 8. The maximum Gasteiger partial charge on any atom is 0.163 e. The topological polar surface area (TPSA) is 38.7 Å². The van der Waals surface area contributed by atoms with Gasteiger partial charge in [-0.25, -0.2) is 15.0 Å². The molecule has 0 fully saturated rings. The Morgan fingerprint density at radius 1 is 0.516 bits per heavy atom. The van der Waals surface area contributed by atoms with Gasteiger partial charge in [0.2, 0.25) is 0 Å². The molecular formula is C57H41N3S2. The Morgan fingerprint density at radius 3 is 1.98 bits per heavy atom. The Hall–Kier alpha value is -6.92. The molecule has 1 unspecified atom stereocenters. The second-order valence-corrected chi connectivity index (χ2v) is 17.6. The van der Waals surface area contributed by atoms with Crippen molar-refractivity contribution in [2.75, 3.05) is 0 Å². The molecule has 2 aliphatic rings. The van der Waals surface area contributed by atoms with Crippen molar-refractivity contribution in [2.45, 2.75) is 30.1 Å². The third-order valence-electron chi connectivity index (χ3n) is 12.0. The predicted octanol–water partition coefficient (Wildman–Crippen LogP) is 15.7. The SMILES string of the molecule is Sc1ccccc1-c1cccc(-c2cc(-c3ccc4sc5ccccc5c4c3)cc(-c3nc(C4=CC=CCC4)nc(C4C=CC(c5cccc(-c6ccccc6)c5)=CC4)n3)c2)c1. The third kappa shape index (κ3) is 7.55. The first-order chi connectivity index (χ1) is 30.6. The number of hydrogen-bond donors (Lipinski definition) is 1. The molecule has 11 rings (SSSR count). The molecule has 0 aliphatic heterocycles. The van der Waals surface area contributed by atoms with Crippen LogP contribution in [0.1, 0.15) is 42.4 Å². The van der Waals surface area contributed by atoms with Gasteiger partial charge in [-0.3, -0.25) is 0 Å². The standard InChI is InChI=1S/C57H41N3S2/c61-52-23-9-7-21-49(52)45-20-12-19-43(32-45)46-33-47(44-29-30-54-51(36-44)50-22-8-10-24-53(50)62-54)35-48(34-46)57-59-55(39-15-5-2-6-16-39)58-56(60-57)40-27-25-38(26-28-40)42-18-11-17-41(31-42)37-13-3-1-4-14-37/h1-5,7-15,17-27,29-36,40,61H,6,16,28H2. The van der Waals surface area contributed by atoms with Gasteiger partial charge in [0.25, 0.3) is 0 Å². The number of benzene rings is 7. The van der Waals surface area contributed by atoms with E-state index in [1.54, 1.807) is 0 Å². The minimum Gasteiger partial charge on any atom is -0.213 e. The Bertz CT molecular complexity index is 3300. The number of aromatic nitrogens is 3. The summed E-state index contributed by atoms with van der Waals surface area (Å²) >= 11 is 6.66. The molecule has 2 aliphatic carbocycles. The molecule has 0 bridgehead atoms. The van der Waals surface area contributed by atoms with Gasteiger partial charge in [0, 0.05) is 36.5 Å². The monoisotopic (exact) mass is 831 g/mol. The van der Waals surface area contributed by atoms with Crippen LogP contribution in [-0.4, -0.2) is 15.0 Å². The fourth-order valence-corrected chi connectivity index (χ4v) is 10.1. The zero-order valence-corrected chi connectivity index (χ0v) is 35.7. The molecule has 9 aromatic rings. The highest BCUT2D eigenvalue weighted by Crippen LogP contribution is 2.40. The number of thiophene rings is 1. The average Bonchev–Trinajstić information content (AvgIpc) is 3.73. The number of hydrogen-bond acceptors (Lipinski definition) is 5. The quantitative estimate of drug-likeness (QED) is 0.155. The fraction of sp³-hybridized carbons (Fsp3) is 0.0702. The highest BCUT2D eigenvalue weighted by Gasteiger charge is 2.21. The maximum atomic E-state index is 5.35. The van der Waals surface area contributed by atoms with Crippen molar-refractivity contribution in [3.8, 4) is 55.9 Å². The largest absolute Gasteiger partial charge is 0.213 e. The molecule has 2 heterocycles. The molecule has 0 amide bonds. The van der Waals surface area contributed by atoms with E-state index in [4.69, 9.17) is 27.6 Å². The van der Waals surface area contributed by atoms with Crippen LogP contribution in [0.4, 0.5) is 0 Å². The lowest BCUT2D eigenvalue weighted by molar-refractivity contribution is 0.756. The molecule has 3 nitrogen and oxygen atoms in total. The number of allylic oxidation sites excluding steroid dienone is 8. The first-order valence-electron chi connectivity index (χ1n) is 21.2. The van der Waals surface area contributed by atoms with Crippen LogP contribution < -0.4 is 0 Å². The van der Waals surface area contributed by atoms with Crippen LogP contribution in [0.2, 0.25) is 0 Å². The van der Waals surface area contributed by atoms with E-state index in [9.17, 15) is 0 Å². The van der Waals surface area contributed by atoms with Crippen molar-refractivity contribution >= 4 is 55.3 Å². The van der Waals surface area contributed by atoms with Crippen molar-refractivity contribution in [1.82, 2.24) is 15.0 Å². The van der Waals surface area contributed by atoms with Gasteiger partial charge in [-0.05, 0) is 135 Å². The Balaban J connectivity index is 1.03. The van der Waals surface area contributed by atoms with Gasteiger partial charge < -0.3 is 0 Å². The van der Waals surface area contributed by atoms with E-state index in [1.165, 1.54) is 42.4 Å². The van der Waals surface area contributed by atoms with E-state index in [0.717, 1.165) is 80.3 Å². The summed E-state index contributed by atoms with van der Waals surface area (Å²) in [5, 5.41) is 2.56. The van der Waals surface area contributed by atoms with Crippen LogP contribution in [0.3, 0.4) is 0 Å². The molecule has 7 aromatic carbocycles. The molecule has 5 heteroatoms. The molecule has 0 N–H and O–H groups in total. The van der Waals surface area contributed by atoms with E-state index >= 15 is 0 Å². The first-order valence-corrected chi connectivity index (χ1v) is 22.5. The van der Waals surface area contributed by atoms with Crippen LogP contribution in [0.25, 0.3) is 87.2 Å². The molecular weight excluding hydrogens is 791 g/mol. The van der Waals surface area contributed by atoms with E-state index in [1.807, 2.05) is 23.5 Å². The van der Waals surface area contributed by atoms with Gasteiger partial charge in [0.05, 0.1) is 0 Å². The minimum atomic E-state index is 0.00574. The van der Waals surface area contributed by atoms with Crippen LogP contribution in [0, 0.1) is 0 Å². The fourth-order valence-electron chi connectivity index (χ4n) is 8.73. The van der Waals surface area contributed by atoms with E-state index in [2.05, 4.69) is 188 Å². The van der Waals surface area contributed by atoms with E-state index in [-0.39, 0.29) is 5.92 Å². The van der Waals surface area contributed by atoms with Gasteiger partial charge in [0.15, 0.2) is 11.6 Å². The first kappa shape index (κ1) is 38.0. The van der Waals surface area contributed by atoms with Crippen LogP contribution in [0.15, 0.2) is 205 Å². The summed E-state index contributed by atoms with van der Waals surface area (Å²) in [6, 6.07) is 58.8. The summed E-state index contributed by atoms with van der Waals surface area (Å²) in [5.41, 5.74) is 13.6. The summed E-state index contributed by atoms with van der Waals surface area (Å²) in [5.74, 6) is 2.22. The normalized spacial score (nSPS) is 14.9. The zero-order chi connectivity index (χ0) is 41.4. The molecule has 296 valence electrons. The summed E-state index contributed by atoms with van der Waals surface area (Å²) in [6.07, 6.45) is 16.0. The lowest BCUT2D eigenvalue weighted by Crippen LogP contribution is -2.10. The molecule has 0 saturated heterocycles. The summed E-state index contributed by atoms with van der Waals surface area (Å²) in [6.45, 7) is 0. The zero-order valence-electron chi connectivity index (χ0n) is 33.9. The van der Waals surface area contributed by atoms with Gasteiger partial charge in [-0.15, -0.1) is 24.0 Å². The number of nitrogens with zero attached hydrogens (tertiary/aromatic N) is 3. The lowest BCUT2D eigenvalue weighted by atomic mass is 9.91. The average molecular weight is 832 g/mol. The second-order valence-electron chi connectivity index (χ2n) is 16.0. The Morgan fingerprint density at radius 2 is 1.18 bits per heavy atom. The molecule has 62 heavy (non-hydrogen) atoms. The van der Waals surface area contributed by atoms with Gasteiger partial charge in [-0.2, -0.15) is 0 Å². The lowest BCUT2D eigenvalue weighted by Gasteiger charge is -2.19. The maximum absolute atomic E-state index is 5.35.